The lowest BCUT2D eigenvalue weighted by Gasteiger charge is -2.12. The third kappa shape index (κ3) is 2.59. The van der Waals surface area contributed by atoms with Crippen molar-refractivity contribution < 1.29 is 4.79 Å². The number of alkyl halides is 1. The molecule has 0 N–H and O–H groups in total. The number of nitrogens with zero attached hydrogens (tertiary/aromatic N) is 1. The van der Waals surface area contributed by atoms with E-state index in [1.165, 1.54) is 6.08 Å². The van der Waals surface area contributed by atoms with Gasteiger partial charge in [-0.1, -0.05) is 22.0 Å². The molecule has 0 amide bonds. The van der Waals surface area contributed by atoms with E-state index in [1.54, 1.807) is 13.0 Å². The summed E-state index contributed by atoms with van der Waals surface area (Å²) in [6, 6.07) is 0. The van der Waals surface area contributed by atoms with Gasteiger partial charge in [0.05, 0.1) is 5.54 Å². The maximum atomic E-state index is 9.78. The Morgan fingerprint density at radius 1 is 2.00 bits per heavy atom. The molecule has 1 unspecified atom stereocenters. The quantitative estimate of drug-likeness (QED) is 0.288. The van der Waals surface area contributed by atoms with Crippen molar-refractivity contribution in [3.8, 4) is 0 Å². The molecule has 0 aliphatic rings. The Morgan fingerprint density at radius 2 is 2.56 bits per heavy atom. The van der Waals surface area contributed by atoms with Gasteiger partial charge in [0, 0.05) is 5.33 Å². The van der Waals surface area contributed by atoms with Crippen LogP contribution in [0.2, 0.25) is 0 Å². The average molecular weight is 190 g/mol. The van der Waals surface area contributed by atoms with Gasteiger partial charge in [-0.15, -0.1) is 6.58 Å². The van der Waals surface area contributed by atoms with E-state index in [0.717, 1.165) is 0 Å². The van der Waals surface area contributed by atoms with Crippen molar-refractivity contribution in [1.29, 1.82) is 0 Å². The van der Waals surface area contributed by atoms with Gasteiger partial charge in [-0.05, 0) is 6.92 Å². The van der Waals surface area contributed by atoms with E-state index >= 15 is 0 Å². The van der Waals surface area contributed by atoms with E-state index in [0.29, 0.717) is 5.33 Å². The van der Waals surface area contributed by atoms with Crippen LogP contribution < -0.4 is 0 Å². The highest BCUT2D eigenvalue weighted by Gasteiger charge is 2.15. The first-order chi connectivity index (χ1) is 4.18. The molecule has 0 aromatic heterocycles. The zero-order valence-corrected chi connectivity index (χ0v) is 6.81. The van der Waals surface area contributed by atoms with E-state index in [4.69, 9.17) is 0 Å². The molecule has 50 valence electrons. The number of carbonyl (C=O) groups excluding carboxylic acids is 1. The first kappa shape index (κ1) is 8.60. The van der Waals surface area contributed by atoms with Gasteiger partial charge in [0.2, 0.25) is 6.08 Å². The van der Waals surface area contributed by atoms with E-state index in [-0.39, 0.29) is 0 Å². The first-order valence-electron chi connectivity index (χ1n) is 2.47. The zero-order valence-electron chi connectivity index (χ0n) is 5.22. The molecule has 0 rings (SSSR count). The van der Waals surface area contributed by atoms with Crippen LogP contribution in [0.1, 0.15) is 6.92 Å². The van der Waals surface area contributed by atoms with Crippen molar-refractivity contribution >= 4 is 22.0 Å². The van der Waals surface area contributed by atoms with Gasteiger partial charge in [-0.3, -0.25) is 0 Å². The summed E-state index contributed by atoms with van der Waals surface area (Å²) >= 11 is 3.19. The lowest BCUT2D eigenvalue weighted by Crippen LogP contribution is -2.19. The van der Waals surface area contributed by atoms with Gasteiger partial charge < -0.3 is 0 Å². The molecule has 0 aliphatic heterocycles. The van der Waals surface area contributed by atoms with Crippen molar-refractivity contribution in [3.05, 3.63) is 12.7 Å². The smallest absolute Gasteiger partial charge is 0.211 e. The first-order valence-corrected chi connectivity index (χ1v) is 3.59. The number of aliphatic imine (C=N–C) groups is 1. The van der Waals surface area contributed by atoms with Gasteiger partial charge >= 0.3 is 0 Å². The minimum Gasteiger partial charge on any atom is -0.211 e. The topological polar surface area (TPSA) is 29.4 Å². The van der Waals surface area contributed by atoms with Crippen LogP contribution in [0.5, 0.6) is 0 Å². The lowest BCUT2D eigenvalue weighted by atomic mass is 10.1. The second-order valence-electron chi connectivity index (χ2n) is 1.90. The predicted molar refractivity (Wildman–Crippen MR) is 40.5 cm³/mol. The molecule has 0 heterocycles. The monoisotopic (exact) mass is 189 g/mol. The second kappa shape index (κ2) is 3.59. The van der Waals surface area contributed by atoms with E-state index in [2.05, 4.69) is 27.5 Å². The Bertz CT molecular complexity index is 151. The Morgan fingerprint density at radius 3 is 2.67 bits per heavy atom. The van der Waals surface area contributed by atoms with Crippen LogP contribution in [0, 0.1) is 0 Å². The fourth-order valence-electron chi connectivity index (χ4n) is 0.234. The molecule has 0 aromatic carbocycles. The Balaban J connectivity index is 4.26. The summed E-state index contributed by atoms with van der Waals surface area (Å²) in [5, 5.41) is 0.596. The number of hydrogen-bond donors (Lipinski definition) is 0. The molecule has 0 fully saturated rings. The van der Waals surface area contributed by atoms with Crippen LogP contribution in [0.4, 0.5) is 0 Å². The van der Waals surface area contributed by atoms with E-state index < -0.39 is 5.54 Å². The van der Waals surface area contributed by atoms with Crippen molar-refractivity contribution in [1.82, 2.24) is 0 Å². The van der Waals surface area contributed by atoms with Gasteiger partial charge in [0.25, 0.3) is 0 Å². The van der Waals surface area contributed by atoms with Crippen molar-refractivity contribution in [2.45, 2.75) is 12.5 Å². The van der Waals surface area contributed by atoms with Crippen LogP contribution in [0.25, 0.3) is 0 Å². The summed E-state index contributed by atoms with van der Waals surface area (Å²) in [5.41, 5.74) is -0.484. The molecule has 0 spiro atoms. The number of rotatable bonds is 3. The lowest BCUT2D eigenvalue weighted by molar-refractivity contribution is 0.552. The summed E-state index contributed by atoms with van der Waals surface area (Å²) in [4.78, 5) is 13.3. The minimum atomic E-state index is -0.484. The number of isocyanates is 1. The third-order valence-electron chi connectivity index (χ3n) is 1.01. The molecule has 0 bridgehead atoms. The molecule has 0 saturated heterocycles. The molecule has 0 saturated carbocycles. The normalized spacial score (nSPS) is 15.3. The molecule has 3 heteroatoms. The summed E-state index contributed by atoms with van der Waals surface area (Å²) < 4.78 is 0. The fraction of sp³-hybridized carbons (Fsp3) is 0.500. The Labute approximate surface area is 62.8 Å². The van der Waals surface area contributed by atoms with Crippen LogP contribution in [0.15, 0.2) is 17.6 Å². The fourth-order valence-corrected chi connectivity index (χ4v) is 0.589. The zero-order chi connectivity index (χ0) is 7.33. The van der Waals surface area contributed by atoms with Gasteiger partial charge in [0.1, 0.15) is 0 Å². The molecular weight excluding hydrogens is 182 g/mol. The van der Waals surface area contributed by atoms with Crippen molar-refractivity contribution in [3.63, 3.8) is 0 Å². The number of halogens is 1. The molecule has 2 nitrogen and oxygen atoms in total. The van der Waals surface area contributed by atoms with E-state index in [1.807, 2.05) is 0 Å². The summed E-state index contributed by atoms with van der Waals surface area (Å²) in [6.45, 7) is 5.31. The summed E-state index contributed by atoms with van der Waals surface area (Å²) in [7, 11) is 0. The largest absolute Gasteiger partial charge is 0.235 e. The van der Waals surface area contributed by atoms with Gasteiger partial charge in [-0.25, -0.2) is 4.79 Å². The molecule has 0 radical (unpaired) electrons. The minimum absolute atomic E-state index is 0.484. The van der Waals surface area contributed by atoms with Crippen molar-refractivity contribution in [2.24, 2.45) is 4.99 Å². The highest BCUT2D eigenvalue weighted by atomic mass is 79.9. The number of hydrogen-bond acceptors (Lipinski definition) is 2. The van der Waals surface area contributed by atoms with Crippen molar-refractivity contribution in [2.75, 3.05) is 5.33 Å². The summed E-state index contributed by atoms with van der Waals surface area (Å²) in [6.07, 6.45) is 3.09. The second-order valence-corrected chi connectivity index (χ2v) is 2.46. The molecular formula is C6H8BrNO. The maximum Gasteiger partial charge on any atom is 0.235 e. The Kier molecular flexibility index (Phi) is 3.43. The van der Waals surface area contributed by atoms with Crippen LogP contribution in [0.3, 0.4) is 0 Å². The van der Waals surface area contributed by atoms with Gasteiger partial charge in [-0.2, -0.15) is 4.99 Å². The van der Waals surface area contributed by atoms with Crippen LogP contribution in [-0.2, 0) is 4.79 Å². The highest BCUT2D eigenvalue weighted by molar-refractivity contribution is 9.09. The maximum absolute atomic E-state index is 9.78. The molecule has 1 atom stereocenters. The Hall–Kier alpha value is -0.400. The SMILES string of the molecule is C=CC(C)(CBr)N=C=O. The van der Waals surface area contributed by atoms with Gasteiger partial charge in [0.15, 0.2) is 0 Å². The molecule has 9 heavy (non-hydrogen) atoms. The highest BCUT2D eigenvalue weighted by Crippen LogP contribution is 2.12. The standard InChI is InChI=1S/C6H8BrNO/c1-3-6(2,4-7)8-5-9/h3H,1,4H2,2H3. The molecule has 0 aliphatic carbocycles. The third-order valence-corrected chi connectivity index (χ3v) is 2.15. The summed E-state index contributed by atoms with van der Waals surface area (Å²) in [5.74, 6) is 0. The van der Waals surface area contributed by atoms with E-state index in [9.17, 15) is 4.79 Å². The van der Waals surface area contributed by atoms with Crippen LogP contribution in [-0.4, -0.2) is 16.9 Å². The average Bonchev–Trinajstić information content (AvgIpc) is 1.89. The predicted octanol–water partition coefficient (Wildman–Crippen LogP) is 1.66. The molecule has 0 aromatic rings. The van der Waals surface area contributed by atoms with Crippen LogP contribution >= 0.6 is 15.9 Å².